The summed E-state index contributed by atoms with van der Waals surface area (Å²) in [4.78, 5) is 4.62. The van der Waals surface area contributed by atoms with Gasteiger partial charge in [-0.3, -0.25) is 4.98 Å². The van der Waals surface area contributed by atoms with Crippen molar-refractivity contribution in [3.63, 3.8) is 0 Å². The molecule has 1 heteroatoms. The third-order valence-corrected chi connectivity index (χ3v) is 3.09. The number of fused-ring (bicyclic) bond motifs is 1. The molecule has 0 aliphatic rings. The predicted molar refractivity (Wildman–Crippen MR) is 74.3 cm³/mol. The number of hydrogen-bond acceptors (Lipinski definition) is 1. The zero-order valence-electron chi connectivity index (χ0n) is 10.4. The maximum Gasteiger partial charge on any atom is 0.0482 e. The van der Waals surface area contributed by atoms with E-state index in [4.69, 9.17) is 0 Å². The summed E-state index contributed by atoms with van der Waals surface area (Å²) in [7, 11) is 0. The van der Waals surface area contributed by atoms with Crippen molar-refractivity contribution < 1.29 is 0 Å². The largest absolute Gasteiger partial charge is 0.260 e. The Morgan fingerprint density at radius 2 is 2.00 bits per heavy atom. The lowest BCUT2D eigenvalue weighted by atomic mass is 10.0. The average molecular weight is 225 g/mol. The number of hydrogen-bond donors (Lipinski definition) is 0. The summed E-state index contributed by atoms with van der Waals surface area (Å²) in [5.41, 5.74) is 2.51. The van der Waals surface area contributed by atoms with Gasteiger partial charge in [0.1, 0.15) is 0 Å². The van der Waals surface area contributed by atoms with Crippen LogP contribution >= 0.6 is 0 Å². The van der Waals surface area contributed by atoms with E-state index in [0.29, 0.717) is 0 Å². The molecule has 0 unspecified atom stereocenters. The molecule has 0 bridgehead atoms. The first-order valence-corrected chi connectivity index (χ1v) is 6.33. The van der Waals surface area contributed by atoms with Gasteiger partial charge in [-0.15, -0.1) is 6.58 Å². The summed E-state index contributed by atoms with van der Waals surface area (Å²) in [6.07, 6.45) is 8.33. The van der Waals surface area contributed by atoms with Gasteiger partial charge in [-0.05, 0) is 30.2 Å². The quantitative estimate of drug-likeness (QED) is 0.691. The number of allylic oxidation sites excluding steroid dienone is 1. The van der Waals surface area contributed by atoms with E-state index in [9.17, 15) is 0 Å². The highest BCUT2D eigenvalue weighted by Crippen LogP contribution is 2.22. The van der Waals surface area contributed by atoms with Crippen molar-refractivity contribution in [2.45, 2.75) is 32.6 Å². The van der Waals surface area contributed by atoms with Crippen LogP contribution in [0.1, 0.15) is 31.0 Å². The molecule has 1 nitrogen and oxygen atoms in total. The van der Waals surface area contributed by atoms with Crippen LogP contribution in [0.3, 0.4) is 0 Å². The van der Waals surface area contributed by atoms with Gasteiger partial charge in [0, 0.05) is 17.3 Å². The Labute approximate surface area is 103 Å². The van der Waals surface area contributed by atoms with E-state index >= 15 is 0 Å². The Morgan fingerprint density at radius 3 is 2.71 bits per heavy atom. The Kier molecular flexibility index (Phi) is 3.92. The van der Waals surface area contributed by atoms with Gasteiger partial charge < -0.3 is 0 Å². The Bertz CT molecular complexity index is 514. The smallest absolute Gasteiger partial charge is 0.0482 e. The molecule has 0 radical (unpaired) electrons. The van der Waals surface area contributed by atoms with E-state index in [2.05, 4.69) is 42.8 Å². The molecule has 0 spiro atoms. The van der Waals surface area contributed by atoms with Gasteiger partial charge in [0.15, 0.2) is 0 Å². The fourth-order valence-corrected chi connectivity index (χ4v) is 2.17. The number of unbranched alkanes of at least 4 members (excludes halogenated alkanes) is 1. The number of nitrogens with zero attached hydrogens (tertiary/aromatic N) is 1. The lowest BCUT2D eigenvalue weighted by Gasteiger charge is -2.08. The van der Waals surface area contributed by atoms with Gasteiger partial charge >= 0.3 is 0 Å². The Hall–Kier alpha value is -1.63. The van der Waals surface area contributed by atoms with Crippen molar-refractivity contribution in [1.29, 1.82) is 0 Å². The minimum atomic E-state index is 0.890. The minimum absolute atomic E-state index is 0.890. The van der Waals surface area contributed by atoms with Crippen LogP contribution in [0, 0.1) is 0 Å². The molecule has 88 valence electrons. The molecule has 1 aromatic carbocycles. The maximum atomic E-state index is 4.62. The summed E-state index contributed by atoms with van der Waals surface area (Å²) in [5.74, 6) is 0. The van der Waals surface area contributed by atoms with E-state index in [1.165, 1.54) is 34.9 Å². The standard InChI is InChI=1S/C16H19N/c1-3-5-11-16-15-10-7-6-9-14(15)13(8-4-2)12-17-16/h4,6-7,9-10,12H,2-3,5,8,11H2,1H3. The lowest BCUT2D eigenvalue weighted by molar-refractivity contribution is 0.781. The first-order valence-electron chi connectivity index (χ1n) is 6.33. The summed E-state index contributed by atoms with van der Waals surface area (Å²) < 4.78 is 0. The van der Waals surface area contributed by atoms with E-state index in [1.54, 1.807) is 0 Å². The number of aryl methyl sites for hydroxylation is 1. The van der Waals surface area contributed by atoms with Crippen LogP contribution in [0.15, 0.2) is 43.1 Å². The van der Waals surface area contributed by atoms with Crippen molar-refractivity contribution >= 4 is 10.8 Å². The highest BCUT2D eigenvalue weighted by atomic mass is 14.7. The SMILES string of the molecule is C=CCc1cnc(CCCC)c2ccccc12. The summed E-state index contributed by atoms with van der Waals surface area (Å²) >= 11 is 0. The van der Waals surface area contributed by atoms with Crippen LogP contribution in [0.4, 0.5) is 0 Å². The zero-order chi connectivity index (χ0) is 12.1. The van der Waals surface area contributed by atoms with Gasteiger partial charge in [0.2, 0.25) is 0 Å². The molecule has 0 saturated heterocycles. The summed E-state index contributed by atoms with van der Waals surface area (Å²) in [6, 6.07) is 8.56. The van der Waals surface area contributed by atoms with Crippen LogP contribution in [-0.4, -0.2) is 4.98 Å². The maximum absolute atomic E-state index is 4.62. The monoisotopic (exact) mass is 225 g/mol. The molecule has 1 aromatic heterocycles. The molecule has 0 N–H and O–H groups in total. The van der Waals surface area contributed by atoms with E-state index in [1.807, 2.05) is 12.3 Å². The van der Waals surface area contributed by atoms with Gasteiger partial charge in [-0.1, -0.05) is 43.7 Å². The highest BCUT2D eigenvalue weighted by molar-refractivity contribution is 5.87. The van der Waals surface area contributed by atoms with Crippen LogP contribution in [0.5, 0.6) is 0 Å². The fourth-order valence-electron chi connectivity index (χ4n) is 2.17. The summed E-state index contributed by atoms with van der Waals surface area (Å²) in [6.45, 7) is 6.02. The Morgan fingerprint density at radius 1 is 1.24 bits per heavy atom. The van der Waals surface area contributed by atoms with Gasteiger partial charge in [0.05, 0.1) is 0 Å². The molecule has 0 saturated carbocycles. The Balaban J connectivity index is 2.49. The van der Waals surface area contributed by atoms with Crippen molar-refractivity contribution in [3.8, 4) is 0 Å². The van der Waals surface area contributed by atoms with Crippen molar-refractivity contribution in [2.24, 2.45) is 0 Å². The second-order valence-electron chi connectivity index (χ2n) is 4.37. The number of pyridine rings is 1. The van der Waals surface area contributed by atoms with Gasteiger partial charge in [0.25, 0.3) is 0 Å². The topological polar surface area (TPSA) is 12.9 Å². The molecular weight excluding hydrogens is 206 g/mol. The third kappa shape index (κ3) is 2.55. The van der Waals surface area contributed by atoms with Crippen molar-refractivity contribution in [3.05, 3.63) is 54.4 Å². The second-order valence-corrected chi connectivity index (χ2v) is 4.37. The highest BCUT2D eigenvalue weighted by Gasteiger charge is 2.05. The molecule has 2 rings (SSSR count). The zero-order valence-corrected chi connectivity index (χ0v) is 10.4. The molecule has 0 atom stereocenters. The molecule has 0 aliphatic heterocycles. The molecular formula is C16H19N. The van der Waals surface area contributed by atoms with E-state index in [-0.39, 0.29) is 0 Å². The molecule has 17 heavy (non-hydrogen) atoms. The van der Waals surface area contributed by atoms with E-state index in [0.717, 1.165) is 12.8 Å². The molecule has 1 heterocycles. The van der Waals surface area contributed by atoms with Gasteiger partial charge in [-0.25, -0.2) is 0 Å². The van der Waals surface area contributed by atoms with Gasteiger partial charge in [-0.2, -0.15) is 0 Å². The molecule has 0 aliphatic carbocycles. The second kappa shape index (κ2) is 5.62. The normalized spacial score (nSPS) is 10.6. The number of benzene rings is 1. The number of rotatable bonds is 5. The van der Waals surface area contributed by atoms with Crippen LogP contribution in [0.2, 0.25) is 0 Å². The summed E-state index contributed by atoms with van der Waals surface area (Å²) in [5, 5.41) is 2.63. The number of aromatic nitrogens is 1. The molecule has 2 aromatic rings. The average Bonchev–Trinajstić information content (AvgIpc) is 2.38. The van der Waals surface area contributed by atoms with Crippen LogP contribution in [-0.2, 0) is 12.8 Å². The van der Waals surface area contributed by atoms with E-state index < -0.39 is 0 Å². The fraction of sp³-hybridized carbons (Fsp3) is 0.312. The minimum Gasteiger partial charge on any atom is -0.260 e. The third-order valence-electron chi connectivity index (χ3n) is 3.09. The van der Waals surface area contributed by atoms with Crippen LogP contribution in [0.25, 0.3) is 10.8 Å². The van der Waals surface area contributed by atoms with Crippen molar-refractivity contribution in [1.82, 2.24) is 4.98 Å². The predicted octanol–water partition coefficient (Wildman–Crippen LogP) is 4.31. The molecule has 0 fully saturated rings. The first-order chi connectivity index (χ1) is 8.36. The first kappa shape index (κ1) is 11.8. The molecule has 0 amide bonds. The van der Waals surface area contributed by atoms with Crippen LogP contribution < -0.4 is 0 Å². The lowest BCUT2D eigenvalue weighted by Crippen LogP contribution is -1.95. The van der Waals surface area contributed by atoms with Crippen molar-refractivity contribution in [2.75, 3.05) is 0 Å².